The number of rotatable bonds is 6. The van der Waals surface area contributed by atoms with Crippen molar-refractivity contribution in [2.24, 2.45) is 5.73 Å². The number of halogens is 1. The summed E-state index contributed by atoms with van der Waals surface area (Å²) in [4.78, 5) is 0. The molecule has 20 heavy (non-hydrogen) atoms. The van der Waals surface area contributed by atoms with Crippen molar-refractivity contribution in [2.75, 3.05) is 13.2 Å². The van der Waals surface area contributed by atoms with Gasteiger partial charge in [-0.05, 0) is 30.5 Å². The molecule has 110 valence electrons. The van der Waals surface area contributed by atoms with Crippen LogP contribution in [0.3, 0.4) is 0 Å². The predicted molar refractivity (Wildman–Crippen MR) is 84.5 cm³/mol. The molecule has 0 aliphatic heterocycles. The van der Waals surface area contributed by atoms with Crippen LogP contribution in [0, 0.1) is 6.92 Å². The van der Waals surface area contributed by atoms with E-state index in [0.717, 1.165) is 42.0 Å². The maximum atomic E-state index is 5.76. The molecule has 0 fully saturated rings. The minimum Gasteiger partial charge on any atom is -0.493 e. The summed E-state index contributed by atoms with van der Waals surface area (Å²) in [6, 6.07) is 6.26. The summed E-state index contributed by atoms with van der Waals surface area (Å²) in [5, 5.41) is 4.29. The lowest BCUT2D eigenvalue weighted by molar-refractivity contribution is 0.315. The van der Waals surface area contributed by atoms with Crippen LogP contribution >= 0.6 is 12.4 Å². The van der Waals surface area contributed by atoms with Crippen LogP contribution in [0.1, 0.15) is 18.9 Å². The van der Waals surface area contributed by atoms with Gasteiger partial charge >= 0.3 is 0 Å². The highest BCUT2D eigenvalue weighted by Gasteiger charge is 2.05. The van der Waals surface area contributed by atoms with Crippen molar-refractivity contribution < 1.29 is 4.74 Å². The summed E-state index contributed by atoms with van der Waals surface area (Å²) in [7, 11) is 0. The molecule has 0 aliphatic carbocycles. The minimum absolute atomic E-state index is 0. The molecule has 0 spiro atoms. The lowest BCUT2D eigenvalue weighted by Crippen LogP contribution is -2.09. The van der Waals surface area contributed by atoms with Gasteiger partial charge in [0.15, 0.2) is 0 Å². The zero-order valence-corrected chi connectivity index (χ0v) is 12.8. The minimum atomic E-state index is 0. The Bertz CT molecular complexity index is 540. The summed E-state index contributed by atoms with van der Waals surface area (Å²) in [5.74, 6) is 0.950. The van der Waals surface area contributed by atoms with Crippen LogP contribution in [-0.2, 0) is 6.54 Å². The summed E-state index contributed by atoms with van der Waals surface area (Å²) in [5.41, 5.74) is 8.90. The average molecular weight is 296 g/mol. The maximum absolute atomic E-state index is 5.76. The van der Waals surface area contributed by atoms with Gasteiger partial charge in [0.25, 0.3) is 0 Å². The molecule has 0 amide bonds. The molecule has 2 rings (SSSR count). The van der Waals surface area contributed by atoms with E-state index in [1.165, 1.54) is 0 Å². The second-order valence-corrected chi connectivity index (χ2v) is 4.61. The van der Waals surface area contributed by atoms with E-state index in [1.54, 1.807) is 0 Å². The van der Waals surface area contributed by atoms with Crippen LogP contribution in [0.4, 0.5) is 0 Å². The van der Waals surface area contributed by atoms with Gasteiger partial charge in [-0.2, -0.15) is 5.10 Å². The average Bonchev–Trinajstić information content (AvgIpc) is 2.87. The van der Waals surface area contributed by atoms with Crippen molar-refractivity contribution >= 4 is 12.4 Å². The number of hydrogen-bond acceptors (Lipinski definition) is 3. The van der Waals surface area contributed by atoms with Crippen LogP contribution in [0.2, 0.25) is 0 Å². The molecule has 0 saturated heterocycles. The van der Waals surface area contributed by atoms with Crippen molar-refractivity contribution in [3.8, 4) is 16.9 Å². The molecule has 4 nitrogen and oxygen atoms in total. The SMILES string of the molecule is CCCOc1cc(-c2cnn(CCN)c2)ccc1C.Cl. The molecule has 0 saturated carbocycles. The van der Waals surface area contributed by atoms with Crippen LogP contribution in [0.15, 0.2) is 30.6 Å². The highest BCUT2D eigenvalue weighted by atomic mass is 35.5. The zero-order chi connectivity index (χ0) is 13.7. The van der Waals surface area contributed by atoms with Gasteiger partial charge in [-0.3, -0.25) is 4.68 Å². The Morgan fingerprint density at radius 2 is 2.10 bits per heavy atom. The van der Waals surface area contributed by atoms with Gasteiger partial charge in [-0.25, -0.2) is 0 Å². The van der Waals surface area contributed by atoms with E-state index in [4.69, 9.17) is 10.5 Å². The lowest BCUT2D eigenvalue weighted by Gasteiger charge is -2.09. The number of nitrogens with two attached hydrogens (primary N) is 1. The van der Waals surface area contributed by atoms with Gasteiger partial charge in [0.05, 0.1) is 19.3 Å². The molecule has 0 bridgehead atoms. The van der Waals surface area contributed by atoms with Crippen LogP contribution in [0.25, 0.3) is 11.1 Å². The van der Waals surface area contributed by atoms with Crippen molar-refractivity contribution in [1.82, 2.24) is 9.78 Å². The molecule has 0 aliphatic rings. The highest BCUT2D eigenvalue weighted by molar-refractivity contribution is 5.85. The van der Waals surface area contributed by atoms with Gasteiger partial charge in [0.2, 0.25) is 0 Å². The molecule has 1 heterocycles. The molecule has 5 heteroatoms. The van der Waals surface area contributed by atoms with Gasteiger partial charge in [-0.15, -0.1) is 12.4 Å². The van der Waals surface area contributed by atoms with Gasteiger partial charge in [-0.1, -0.05) is 19.1 Å². The van der Waals surface area contributed by atoms with Crippen molar-refractivity contribution in [3.63, 3.8) is 0 Å². The van der Waals surface area contributed by atoms with E-state index in [2.05, 4.69) is 37.1 Å². The van der Waals surface area contributed by atoms with Gasteiger partial charge in [0.1, 0.15) is 5.75 Å². The normalized spacial score (nSPS) is 10.2. The number of ether oxygens (including phenoxy) is 1. The third-order valence-corrected chi connectivity index (χ3v) is 2.97. The van der Waals surface area contributed by atoms with Crippen molar-refractivity contribution in [2.45, 2.75) is 26.8 Å². The van der Waals surface area contributed by atoms with Crippen LogP contribution < -0.4 is 10.5 Å². The smallest absolute Gasteiger partial charge is 0.122 e. The first-order valence-corrected chi connectivity index (χ1v) is 6.71. The van der Waals surface area contributed by atoms with E-state index in [1.807, 2.05) is 17.1 Å². The number of aryl methyl sites for hydroxylation is 1. The molecule has 2 aromatic rings. The molecule has 0 atom stereocenters. The number of benzene rings is 1. The predicted octanol–water partition coefficient (Wildman–Crippen LogP) is 3.03. The van der Waals surface area contributed by atoms with E-state index in [-0.39, 0.29) is 12.4 Å². The second-order valence-electron chi connectivity index (χ2n) is 4.61. The topological polar surface area (TPSA) is 53.1 Å². The zero-order valence-electron chi connectivity index (χ0n) is 12.0. The fourth-order valence-electron chi connectivity index (χ4n) is 1.91. The van der Waals surface area contributed by atoms with Crippen molar-refractivity contribution in [1.29, 1.82) is 0 Å². The first kappa shape index (κ1) is 16.5. The fraction of sp³-hybridized carbons (Fsp3) is 0.400. The first-order valence-electron chi connectivity index (χ1n) is 6.71. The molecular weight excluding hydrogens is 274 g/mol. The Hall–Kier alpha value is -1.52. The van der Waals surface area contributed by atoms with Crippen molar-refractivity contribution in [3.05, 3.63) is 36.2 Å². The largest absolute Gasteiger partial charge is 0.493 e. The third-order valence-electron chi connectivity index (χ3n) is 2.97. The van der Waals surface area contributed by atoms with Gasteiger partial charge < -0.3 is 10.5 Å². The summed E-state index contributed by atoms with van der Waals surface area (Å²) in [6.07, 6.45) is 4.89. The lowest BCUT2D eigenvalue weighted by atomic mass is 10.1. The second kappa shape index (κ2) is 7.92. The third kappa shape index (κ3) is 3.99. The Morgan fingerprint density at radius 1 is 1.30 bits per heavy atom. The number of aromatic nitrogens is 2. The molecule has 0 unspecified atom stereocenters. The van der Waals surface area contributed by atoms with Gasteiger partial charge in [0, 0.05) is 18.3 Å². The maximum Gasteiger partial charge on any atom is 0.122 e. The Kier molecular flexibility index (Phi) is 6.55. The molecule has 1 aromatic carbocycles. The molecule has 1 aromatic heterocycles. The number of hydrogen-bond donors (Lipinski definition) is 1. The quantitative estimate of drug-likeness (QED) is 0.891. The highest BCUT2D eigenvalue weighted by Crippen LogP contribution is 2.26. The first-order chi connectivity index (χ1) is 9.24. The number of nitrogens with zero attached hydrogens (tertiary/aromatic N) is 2. The Balaban J connectivity index is 0.00000200. The summed E-state index contributed by atoms with van der Waals surface area (Å²) in [6.45, 7) is 6.25. The Labute approximate surface area is 126 Å². The molecule has 0 radical (unpaired) electrons. The van der Waals surface area contributed by atoms with E-state index < -0.39 is 0 Å². The van der Waals surface area contributed by atoms with E-state index >= 15 is 0 Å². The van der Waals surface area contributed by atoms with Crippen LogP contribution in [0.5, 0.6) is 5.75 Å². The summed E-state index contributed by atoms with van der Waals surface area (Å²) >= 11 is 0. The fourth-order valence-corrected chi connectivity index (χ4v) is 1.91. The standard InChI is InChI=1S/C15H21N3O.ClH/c1-3-8-19-15-9-13(5-4-12(15)2)14-10-17-18(11-14)7-6-16;/h4-5,9-11H,3,6-8,16H2,1-2H3;1H. The van der Waals surface area contributed by atoms with E-state index in [0.29, 0.717) is 6.54 Å². The molecular formula is C15H22ClN3O. The van der Waals surface area contributed by atoms with Crippen LogP contribution in [-0.4, -0.2) is 22.9 Å². The Morgan fingerprint density at radius 3 is 2.80 bits per heavy atom. The summed E-state index contributed by atoms with van der Waals surface area (Å²) < 4.78 is 7.62. The molecule has 2 N–H and O–H groups in total. The monoisotopic (exact) mass is 295 g/mol. The van der Waals surface area contributed by atoms with E-state index in [9.17, 15) is 0 Å².